The van der Waals surface area contributed by atoms with Crippen molar-refractivity contribution in [3.8, 4) is 0 Å². The second-order valence-corrected chi connectivity index (χ2v) is 4.87. The molecule has 1 fully saturated rings. The smallest absolute Gasteiger partial charge is 0.317 e. The predicted molar refractivity (Wildman–Crippen MR) is 68.5 cm³/mol. The first kappa shape index (κ1) is 12.4. The number of carbonyl (C=O) groups is 1. The van der Waals surface area contributed by atoms with Gasteiger partial charge in [-0.15, -0.1) is 0 Å². The van der Waals surface area contributed by atoms with Crippen molar-refractivity contribution in [2.45, 2.75) is 25.6 Å². The summed E-state index contributed by atoms with van der Waals surface area (Å²) in [6.07, 6.45) is 1.78. The summed E-state index contributed by atoms with van der Waals surface area (Å²) >= 11 is 3.37. The molecule has 0 radical (unpaired) electrons. The fraction of sp³-hybridized carbons (Fsp3) is 0.417. The lowest BCUT2D eigenvalue weighted by atomic mass is 10.2. The van der Waals surface area contributed by atoms with E-state index < -0.39 is 0 Å². The Bertz CT molecular complexity index is 375. The largest absolute Gasteiger partial charge is 0.358 e. The lowest BCUT2D eigenvalue weighted by Crippen LogP contribution is -2.41. The number of rotatable bonds is 3. The zero-order chi connectivity index (χ0) is 12.1. The molecule has 0 spiro atoms. The molecule has 92 valence electrons. The number of carbonyl (C=O) groups excluding carboxylic acids is 1. The van der Waals surface area contributed by atoms with Crippen LogP contribution in [0.2, 0.25) is 0 Å². The molecule has 2 amide bonds. The normalized spacial score (nSPS) is 19.0. The highest BCUT2D eigenvalue weighted by molar-refractivity contribution is 9.10. The van der Waals surface area contributed by atoms with Crippen LogP contribution in [0.4, 0.5) is 4.79 Å². The van der Waals surface area contributed by atoms with Crippen LogP contribution in [0, 0.1) is 0 Å². The maximum Gasteiger partial charge on any atom is 0.317 e. The number of amides is 2. The van der Waals surface area contributed by atoms with Crippen LogP contribution >= 0.6 is 15.9 Å². The monoisotopic (exact) mass is 298 g/mol. The fourth-order valence-electron chi connectivity index (χ4n) is 1.67. The SMILES string of the molecule is O=C(NCc1ccc(Br)cc1)NC1CCCO1. The molecular weight excluding hydrogens is 284 g/mol. The summed E-state index contributed by atoms with van der Waals surface area (Å²) in [7, 11) is 0. The van der Waals surface area contributed by atoms with Crippen molar-refractivity contribution in [2.24, 2.45) is 0 Å². The standard InChI is InChI=1S/C12H15BrN2O2/c13-10-5-3-9(4-6-10)8-14-12(16)15-11-2-1-7-17-11/h3-6,11H,1-2,7-8H2,(H2,14,15,16). The number of halogens is 1. The van der Waals surface area contributed by atoms with E-state index in [0.29, 0.717) is 6.54 Å². The van der Waals surface area contributed by atoms with Crippen LogP contribution in [0.1, 0.15) is 18.4 Å². The van der Waals surface area contributed by atoms with E-state index in [-0.39, 0.29) is 12.3 Å². The summed E-state index contributed by atoms with van der Waals surface area (Å²) in [4.78, 5) is 11.5. The number of nitrogens with one attached hydrogen (secondary N) is 2. The maximum atomic E-state index is 11.5. The van der Waals surface area contributed by atoms with Crippen LogP contribution in [-0.4, -0.2) is 18.9 Å². The lowest BCUT2D eigenvalue weighted by Gasteiger charge is -2.12. The van der Waals surface area contributed by atoms with E-state index in [1.807, 2.05) is 24.3 Å². The number of ether oxygens (including phenoxy) is 1. The summed E-state index contributed by atoms with van der Waals surface area (Å²) in [5.74, 6) is 0. The average Bonchev–Trinajstić information content (AvgIpc) is 2.81. The summed E-state index contributed by atoms with van der Waals surface area (Å²) in [5, 5.41) is 5.58. The zero-order valence-electron chi connectivity index (χ0n) is 9.41. The minimum atomic E-state index is -0.181. The molecule has 4 nitrogen and oxygen atoms in total. The highest BCUT2D eigenvalue weighted by Crippen LogP contribution is 2.10. The predicted octanol–water partition coefficient (Wildman–Crippen LogP) is 2.38. The van der Waals surface area contributed by atoms with Crippen molar-refractivity contribution in [1.29, 1.82) is 0 Å². The summed E-state index contributed by atoms with van der Waals surface area (Å²) < 4.78 is 6.35. The molecule has 1 saturated heterocycles. The molecule has 0 saturated carbocycles. The van der Waals surface area contributed by atoms with Gasteiger partial charge in [-0.2, -0.15) is 0 Å². The Balaban J connectivity index is 1.73. The third-order valence-corrected chi connectivity index (χ3v) is 3.12. The molecule has 0 aromatic heterocycles. The molecular formula is C12H15BrN2O2. The topological polar surface area (TPSA) is 50.4 Å². The van der Waals surface area contributed by atoms with E-state index in [9.17, 15) is 4.79 Å². The van der Waals surface area contributed by atoms with Gasteiger partial charge in [0.2, 0.25) is 0 Å². The van der Waals surface area contributed by atoms with Gasteiger partial charge in [0.05, 0.1) is 0 Å². The minimum absolute atomic E-state index is 0.125. The molecule has 1 heterocycles. The van der Waals surface area contributed by atoms with E-state index in [1.54, 1.807) is 0 Å². The Morgan fingerprint density at radius 1 is 1.41 bits per heavy atom. The summed E-state index contributed by atoms with van der Waals surface area (Å²) in [6.45, 7) is 1.25. The highest BCUT2D eigenvalue weighted by atomic mass is 79.9. The van der Waals surface area contributed by atoms with Crippen molar-refractivity contribution in [3.05, 3.63) is 34.3 Å². The van der Waals surface area contributed by atoms with E-state index in [4.69, 9.17) is 4.74 Å². The van der Waals surface area contributed by atoms with Crippen LogP contribution in [-0.2, 0) is 11.3 Å². The number of hydrogen-bond donors (Lipinski definition) is 2. The molecule has 5 heteroatoms. The van der Waals surface area contributed by atoms with Gasteiger partial charge in [0.15, 0.2) is 0 Å². The second-order valence-electron chi connectivity index (χ2n) is 3.96. The molecule has 0 bridgehead atoms. The third-order valence-electron chi connectivity index (χ3n) is 2.59. The molecule has 1 atom stereocenters. The highest BCUT2D eigenvalue weighted by Gasteiger charge is 2.16. The molecule has 17 heavy (non-hydrogen) atoms. The third kappa shape index (κ3) is 4.02. The Morgan fingerprint density at radius 3 is 2.82 bits per heavy atom. The zero-order valence-corrected chi connectivity index (χ0v) is 11.0. The fourth-order valence-corrected chi connectivity index (χ4v) is 1.94. The van der Waals surface area contributed by atoms with Crippen LogP contribution in [0.5, 0.6) is 0 Å². The van der Waals surface area contributed by atoms with Gasteiger partial charge in [0, 0.05) is 17.6 Å². The van der Waals surface area contributed by atoms with Gasteiger partial charge in [-0.1, -0.05) is 28.1 Å². The molecule has 1 unspecified atom stereocenters. The van der Waals surface area contributed by atoms with Crippen molar-refractivity contribution in [2.75, 3.05) is 6.61 Å². The van der Waals surface area contributed by atoms with Gasteiger partial charge < -0.3 is 15.4 Å². The van der Waals surface area contributed by atoms with E-state index in [1.165, 1.54) is 0 Å². The molecule has 1 aliphatic heterocycles. The quantitative estimate of drug-likeness (QED) is 0.900. The minimum Gasteiger partial charge on any atom is -0.358 e. The van der Waals surface area contributed by atoms with Crippen molar-refractivity contribution < 1.29 is 9.53 Å². The van der Waals surface area contributed by atoms with Crippen LogP contribution in [0.25, 0.3) is 0 Å². The molecule has 2 N–H and O–H groups in total. The molecule has 1 aliphatic rings. The second kappa shape index (κ2) is 6.02. The first-order valence-electron chi connectivity index (χ1n) is 5.64. The molecule has 0 aliphatic carbocycles. The van der Waals surface area contributed by atoms with Crippen LogP contribution in [0.15, 0.2) is 28.7 Å². The van der Waals surface area contributed by atoms with Gasteiger partial charge in [-0.3, -0.25) is 0 Å². The van der Waals surface area contributed by atoms with Gasteiger partial charge >= 0.3 is 6.03 Å². The van der Waals surface area contributed by atoms with Gasteiger partial charge in [0.1, 0.15) is 6.23 Å². The van der Waals surface area contributed by atoms with Crippen molar-refractivity contribution >= 4 is 22.0 Å². The molecule has 1 aromatic carbocycles. The first-order chi connectivity index (χ1) is 8.24. The number of hydrogen-bond acceptors (Lipinski definition) is 2. The Labute approximate surface area is 109 Å². The lowest BCUT2D eigenvalue weighted by molar-refractivity contribution is 0.0907. The molecule has 1 aromatic rings. The Kier molecular flexibility index (Phi) is 4.39. The van der Waals surface area contributed by atoms with Gasteiger partial charge in [0.25, 0.3) is 0 Å². The Hall–Kier alpha value is -1.07. The van der Waals surface area contributed by atoms with E-state index in [0.717, 1.165) is 29.5 Å². The van der Waals surface area contributed by atoms with Crippen molar-refractivity contribution in [3.63, 3.8) is 0 Å². The van der Waals surface area contributed by atoms with Gasteiger partial charge in [-0.05, 0) is 30.5 Å². The summed E-state index contributed by atoms with van der Waals surface area (Å²) in [5.41, 5.74) is 1.07. The first-order valence-corrected chi connectivity index (χ1v) is 6.44. The average molecular weight is 299 g/mol. The van der Waals surface area contributed by atoms with E-state index >= 15 is 0 Å². The van der Waals surface area contributed by atoms with E-state index in [2.05, 4.69) is 26.6 Å². The van der Waals surface area contributed by atoms with Crippen LogP contribution < -0.4 is 10.6 Å². The number of urea groups is 1. The van der Waals surface area contributed by atoms with Gasteiger partial charge in [-0.25, -0.2) is 4.79 Å². The summed E-state index contributed by atoms with van der Waals surface area (Å²) in [6, 6.07) is 7.66. The van der Waals surface area contributed by atoms with Crippen LogP contribution in [0.3, 0.4) is 0 Å². The molecule has 2 rings (SSSR count). The maximum absolute atomic E-state index is 11.5. The Morgan fingerprint density at radius 2 is 2.18 bits per heavy atom. The number of benzene rings is 1. The van der Waals surface area contributed by atoms with Crippen molar-refractivity contribution in [1.82, 2.24) is 10.6 Å².